The number of piperidine rings is 1. The maximum atomic E-state index is 12.9. The number of hydrogen-bond donors (Lipinski definition) is 4. The fraction of sp³-hybridized carbons (Fsp3) is 0.350. The molecule has 33 heavy (non-hydrogen) atoms. The molecule has 13 heteroatoms. The number of primary amides is 1. The lowest BCUT2D eigenvalue weighted by atomic mass is 9.92. The minimum Gasteiger partial charge on any atom is -0.369 e. The van der Waals surface area contributed by atoms with Gasteiger partial charge in [0.15, 0.2) is 0 Å². The van der Waals surface area contributed by atoms with Gasteiger partial charge in [0.1, 0.15) is 5.82 Å². The maximum absolute atomic E-state index is 12.9. The molecule has 0 spiro atoms. The van der Waals surface area contributed by atoms with E-state index in [0.29, 0.717) is 25.9 Å². The summed E-state index contributed by atoms with van der Waals surface area (Å²) >= 11 is 0. The number of amides is 3. The number of non-ortho nitro benzene ring substituents is 1. The summed E-state index contributed by atoms with van der Waals surface area (Å²) < 4.78 is 0. The molecule has 172 valence electrons. The van der Waals surface area contributed by atoms with Crippen molar-refractivity contribution in [2.45, 2.75) is 25.2 Å². The van der Waals surface area contributed by atoms with Crippen LogP contribution in [0, 0.1) is 16.0 Å². The molecule has 1 saturated heterocycles. The SMILES string of the molecule is NC(=O)C1CCN(c2nc3c(c(=O)[nH]2)[C@@H](C(=O)Nc2cccc([N+](=O)[O-])c2)CC(=O)N3)CC1. The van der Waals surface area contributed by atoms with Gasteiger partial charge in [-0.3, -0.25) is 34.3 Å². The van der Waals surface area contributed by atoms with E-state index < -0.39 is 28.2 Å². The number of carbonyl (C=O) groups is 3. The highest BCUT2D eigenvalue weighted by Crippen LogP contribution is 2.31. The van der Waals surface area contributed by atoms with Gasteiger partial charge in [-0.1, -0.05) is 6.07 Å². The number of aromatic nitrogens is 2. The van der Waals surface area contributed by atoms with Crippen LogP contribution in [0.15, 0.2) is 29.1 Å². The van der Waals surface area contributed by atoms with Gasteiger partial charge in [0, 0.05) is 43.2 Å². The number of hydrogen-bond acceptors (Lipinski definition) is 8. The Morgan fingerprint density at radius 2 is 1.97 bits per heavy atom. The number of fused-ring (bicyclic) bond motifs is 1. The van der Waals surface area contributed by atoms with Crippen molar-refractivity contribution in [3.8, 4) is 0 Å². The third-order valence-corrected chi connectivity index (χ3v) is 5.78. The van der Waals surface area contributed by atoms with E-state index >= 15 is 0 Å². The molecule has 2 aliphatic heterocycles. The van der Waals surface area contributed by atoms with Gasteiger partial charge in [-0.05, 0) is 18.9 Å². The minimum absolute atomic E-state index is 0.00769. The Morgan fingerprint density at radius 3 is 2.64 bits per heavy atom. The van der Waals surface area contributed by atoms with Gasteiger partial charge in [-0.25, -0.2) is 0 Å². The lowest BCUT2D eigenvalue weighted by molar-refractivity contribution is -0.384. The maximum Gasteiger partial charge on any atom is 0.271 e. The fourth-order valence-corrected chi connectivity index (χ4v) is 4.04. The summed E-state index contributed by atoms with van der Waals surface area (Å²) in [6.45, 7) is 0.889. The normalized spacial score (nSPS) is 18.2. The second-order valence-corrected chi connectivity index (χ2v) is 7.92. The number of carbonyl (C=O) groups excluding carboxylic acids is 3. The summed E-state index contributed by atoms with van der Waals surface area (Å²) in [5.41, 5.74) is 4.74. The zero-order valence-electron chi connectivity index (χ0n) is 17.4. The number of nitro benzene ring substituents is 1. The Balaban J connectivity index is 1.58. The van der Waals surface area contributed by atoms with Crippen LogP contribution in [0.2, 0.25) is 0 Å². The Morgan fingerprint density at radius 1 is 1.24 bits per heavy atom. The fourth-order valence-electron chi connectivity index (χ4n) is 4.04. The largest absolute Gasteiger partial charge is 0.369 e. The summed E-state index contributed by atoms with van der Waals surface area (Å²) in [6.07, 6.45) is 0.745. The van der Waals surface area contributed by atoms with Crippen LogP contribution in [0.25, 0.3) is 0 Å². The summed E-state index contributed by atoms with van der Waals surface area (Å²) in [6, 6.07) is 5.34. The molecule has 1 atom stereocenters. The number of anilines is 3. The Labute approximate surface area is 186 Å². The number of aromatic amines is 1. The third-order valence-electron chi connectivity index (χ3n) is 5.78. The predicted molar refractivity (Wildman–Crippen MR) is 117 cm³/mol. The van der Waals surface area contributed by atoms with Gasteiger partial charge in [0.05, 0.1) is 16.4 Å². The van der Waals surface area contributed by atoms with Crippen molar-refractivity contribution in [3.05, 3.63) is 50.3 Å². The molecule has 3 amide bonds. The first-order chi connectivity index (χ1) is 15.7. The molecule has 0 radical (unpaired) electrons. The zero-order valence-corrected chi connectivity index (χ0v) is 17.4. The number of nitro groups is 1. The monoisotopic (exact) mass is 455 g/mol. The number of nitrogens with zero attached hydrogens (tertiary/aromatic N) is 3. The van der Waals surface area contributed by atoms with Crippen LogP contribution in [0.1, 0.15) is 30.7 Å². The third kappa shape index (κ3) is 4.51. The predicted octanol–water partition coefficient (Wildman–Crippen LogP) is 0.444. The van der Waals surface area contributed by atoms with Crippen molar-refractivity contribution in [1.29, 1.82) is 0 Å². The van der Waals surface area contributed by atoms with Crippen LogP contribution >= 0.6 is 0 Å². The average molecular weight is 455 g/mol. The Bertz CT molecular complexity index is 1200. The standard InChI is InChI=1S/C20H21N7O6/c21-16(29)10-4-6-26(7-5-10)20-24-17-15(19(31)25-20)13(9-14(28)23-17)18(30)22-11-2-1-3-12(8-11)27(32)33/h1-3,8,10,13H,4-7,9H2,(H2,21,29)(H,22,30)(H2,23,24,25,28,31)/t13-/m0/s1. The first kappa shape index (κ1) is 21.9. The second kappa shape index (κ2) is 8.68. The highest BCUT2D eigenvalue weighted by molar-refractivity contribution is 6.04. The number of rotatable bonds is 5. The summed E-state index contributed by atoms with van der Waals surface area (Å²) in [5, 5.41) is 16.0. The topological polar surface area (TPSA) is 193 Å². The van der Waals surface area contributed by atoms with Gasteiger partial charge < -0.3 is 21.3 Å². The molecule has 2 aromatic rings. The number of benzene rings is 1. The Hall–Kier alpha value is -4.29. The molecular weight excluding hydrogens is 434 g/mol. The number of nitrogens with two attached hydrogens (primary N) is 1. The van der Waals surface area contributed by atoms with E-state index in [0.717, 1.165) is 0 Å². The molecule has 0 aliphatic carbocycles. The lowest BCUT2D eigenvalue weighted by Gasteiger charge is -2.32. The molecule has 1 aromatic carbocycles. The van der Waals surface area contributed by atoms with Gasteiger partial charge in [0.25, 0.3) is 11.2 Å². The van der Waals surface area contributed by atoms with Crippen LogP contribution in [0.5, 0.6) is 0 Å². The molecule has 0 bridgehead atoms. The highest BCUT2D eigenvalue weighted by Gasteiger charge is 2.35. The lowest BCUT2D eigenvalue weighted by Crippen LogP contribution is -2.41. The van der Waals surface area contributed by atoms with Crippen molar-refractivity contribution >= 4 is 40.9 Å². The van der Waals surface area contributed by atoms with E-state index in [1.807, 2.05) is 0 Å². The molecule has 4 rings (SSSR count). The van der Waals surface area contributed by atoms with Gasteiger partial charge in [-0.2, -0.15) is 4.98 Å². The van der Waals surface area contributed by atoms with Crippen LogP contribution in [0.4, 0.5) is 23.1 Å². The summed E-state index contributed by atoms with van der Waals surface area (Å²) in [4.78, 5) is 68.6. The summed E-state index contributed by atoms with van der Waals surface area (Å²) in [7, 11) is 0. The quantitative estimate of drug-likeness (QED) is 0.368. The van der Waals surface area contributed by atoms with Gasteiger partial charge in [-0.15, -0.1) is 0 Å². The van der Waals surface area contributed by atoms with Crippen LogP contribution in [-0.2, 0) is 14.4 Å². The molecular formula is C20H21N7O6. The van der Waals surface area contributed by atoms with E-state index in [-0.39, 0.29) is 47.0 Å². The van der Waals surface area contributed by atoms with E-state index in [2.05, 4.69) is 20.6 Å². The van der Waals surface area contributed by atoms with Crippen molar-refractivity contribution in [2.75, 3.05) is 28.6 Å². The van der Waals surface area contributed by atoms with Crippen molar-refractivity contribution in [1.82, 2.24) is 9.97 Å². The molecule has 0 saturated carbocycles. The average Bonchev–Trinajstić information content (AvgIpc) is 2.78. The minimum atomic E-state index is -1.13. The second-order valence-electron chi connectivity index (χ2n) is 7.92. The molecule has 1 fully saturated rings. The Kier molecular flexibility index (Phi) is 5.77. The number of H-pyrrole nitrogens is 1. The first-order valence-corrected chi connectivity index (χ1v) is 10.3. The summed E-state index contributed by atoms with van der Waals surface area (Å²) in [5.74, 6) is -2.67. The van der Waals surface area contributed by atoms with E-state index in [9.17, 15) is 29.3 Å². The van der Waals surface area contributed by atoms with Gasteiger partial charge in [0.2, 0.25) is 23.7 Å². The van der Waals surface area contributed by atoms with Gasteiger partial charge >= 0.3 is 0 Å². The molecule has 0 unspecified atom stereocenters. The van der Waals surface area contributed by atoms with Crippen LogP contribution in [0.3, 0.4) is 0 Å². The van der Waals surface area contributed by atoms with E-state index in [1.165, 1.54) is 24.3 Å². The van der Waals surface area contributed by atoms with E-state index in [1.54, 1.807) is 4.90 Å². The zero-order chi connectivity index (χ0) is 23.7. The first-order valence-electron chi connectivity index (χ1n) is 10.3. The molecule has 1 aromatic heterocycles. The van der Waals surface area contributed by atoms with E-state index in [4.69, 9.17) is 5.73 Å². The van der Waals surface area contributed by atoms with Crippen LogP contribution in [-0.4, -0.2) is 45.7 Å². The molecule has 13 nitrogen and oxygen atoms in total. The van der Waals surface area contributed by atoms with Crippen molar-refractivity contribution < 1.29 is 19.3 Å². The van der Waals surface area contributed by atoms with Crippen molar-refractivity contribution in [3.63, 3.8) is 0 Å². The molecule has 2 aliphatic rings. The molecule has 5 N–H and O–H groups in total. The highest BCUT2D eigenvalue weighted by atomic mass is 16.6. The smallest absolute Gasteiger partial charge is 0.271 e. The number of nitrogens with one attached hydrogen (secondary N) is 3. The van der Waals surface area contributed by atoms with Crippen molar-refractivity contribution in [2.24, 2.45) is 11.7 Å². The van der Waals surface area contributed by atoms with Crippen LogP contribution < -0.4 is 26.8 Å². The molecule has 3 heterocycles.